The Balaban J connectivity index is 1.13. The Hall–Kier alpha value is -6.72. The summed E-state index contributed by atoms with van der Waals surface area (Å²) in [6, 6.07) is 72.7. The van der Waals surface area contributed by atoms with Crippen molar-refractivity contribution in [2.24, 2.45) is 0 Å². The van der Waals surface area contributed by atoms with Crippen molar-refractivity contribution in [1.29, 1.82) is 0 Å². The largest absolute Gasteiger partial charge is 0.376 e. The van der Waals surface area contributed by atoms with E-state index in [1.54, 1.807) is 0 Å². The van der Waals surface area contributed by atoms with E-state index < -0.39 is 5.60 Å². The van der Waals surface area contributed by atoms with E-state index in [-0.39, 0.29) is 0 Å². The fourth-order valence-electron chi connectivity index (χ4n) is 9.22. The number of hydrogen-bond donors (Lipinski definition) is 1. The van der Waals surface area contributed by atoms with Gasteiger partial charge in [-0.15, -0.1) is 0 Å². The molecule has 270 valence electrons. The minimum Gasteiger partial charge on any atom is -0.376 e. The molecule has 1 heterocycles. The fraction of sp³-hybridized carbons (Fsp3) is 0.0189. The summed E-state index contributed by atoms with van der Waals surface area (Å²) in [6.07, 6.45) is 0. The van der Waals surface area contributed by atoms with Crippen LogP contribution in [0, 0.1) is 0 Å². The van der Waals surface area contributed by atoms with Crippen molar-refractivity contribution in [1.82, 2.24) is 4.57 Å². The lowest BCUT2D eigenvalue weighted by Crippen LogP contribution is -2.27. The molecule has 3 nitrogen and oxygen atoms in total. The van der Waals surface area contributed by atoms with Gasteiger partial charge in [-0.05, 0) is 88.3 Å². The van der Waals surface area contributed by atoms with Gasteiger partial charge in [0.25, 0.3) is 0 Å². The molecule has 1 aromatic heterocycles. The molecule has 0 saturated heterocycles. The number of para-hydroxylation sites is 3. The summed E-state index contributed by atoms with van der Waals surface area (Å²) in [4.78, 5) is 2.37. The highest BCUT2D eigenvalue weighted by Gasteiger charge is 2.44. The molecule has 0 aliphatic heterocycles. The second-order valence-electron chi connectivity index (χ2n) is 14.7. The monoisotopic (exact) mass is 794 g/mol. The third-order valence-corrected chi connectivity index (χ3v) is 12.2. The lowest BCUT2D eigenvalue weighted by Gasteiger charge is -2.30. The smallest absolute Gasteiger partial charge is 0.142 e. The lowest BCUT2D eigenvalue weighted by atomic mass is 9.79. The van der Waals surface area contributed by atoms with E-state index >= 15 is 0 Å². The topological polar surface area (TPSA) is 28.4 Å². The van der Waals surface area contributed by atoms with Gasteiger partial charge in [0, 0.05) is 54.4 Å². The molecule has 0 bridgehead atoms. The number of fused-ring (bicyclic) bond motifs is 7. The fourth-order valence-corrected chi connectivity index (χ4v) is 9.58. The second-order valence-corrected chi connectivity index (χ2v) is 15.6. The van der Waals surface area contributed by atoms with Gasteiger partial charge in [-0.2, -0.15) is 0 Å². The summed E-state index contributed by atoms with van der Waals surface area (Å²) in [6.45, 7) is 0. The molecule has 1 aliphatic rings. The maximum Gasteiger partial charge on any atom is 0.142 e. The van der Waals surface area contributed by atoms with Crippen molar-refractivity contribution < 1.29 is 5.11 Å². The van der Waals surface area contributed by atoms with E-state index in [1.807, 2.05) is 18.2 Å². The minimum atomic E-state index is -1.35. The van der Waals surface area contributed by atoms with Gasteiger partial charge in [-0.25, -0.2) is 0 Å². The molecular formula is C53H35BrN2O. The number of aliphatic hydroxyl groups is 1. The summed E-state index contributed by atoms with van der Waals surface area (Å²) in [5.74, 6) is 0. The molecule has 9 aromatic carbocycles. The maximum atomic E-state index is 13.2. The first-order valence-corrected chi connectivity index (χ1v) is 20.1. The first kappa shape index (κ1) is 33.6. The van der Waals surface area contributed by atoms with Crippen LogP contribution in [0.1, 0.15) is 16.7 Å². The highest BCUT2D eigenvalue weighted by Crippen LogP contribution is 2.54. The molecule has 1 aliphatic carbocycles. The van der Waals surface area contributed by atoms with Gasteiger partial charge in [-0.3, -0.25) is 0 Å². The Bertz CT molecular complexity index is 3170. The Morgan fingerprint density at radius 2 is 0.965 bits per heavy atom. The van der Waals surface area contributed by atoms with Crippen LogP contribution in [0.15, 0.2) is 211 Å². The first-order chi connectivity index (χ1) is 28.1. The van der Waals surface area contributed by atoms with Crippen molar-refractivity contribution in [2.45, 2.75) is 5.60 Å². The highest BCUT2D eigenvalue weighted by atomic mass is 79.9. The summed E-state index contributed by atoms with van der Waals surface area (Å²) in [7, 11) is 0. The molecular weight excluding hydrogens is 760 g/mol. The van der Waals surface area contributed by atoms with Crippen LogP contribution in [0.4, 0.5) is 17.1 Å². The van der Waals surface area contributed by atoms with Crippen LogP contribution >= 0.6 is 15.9 Å². The van der Waals surface area contributed by atoms with Gasteiger partial charge in [0.1, 0.15) is 5.60 Å². The average Bonchev–Trinajstić information content (AvgIpc) is 3.73. The molecule has 57 heavy (non-hydrogen) atoms. The van der Waals surface area contributed by atoms with Gasteiger partial charge < -0.3 is 14.6 Å². The predicted molar refractivity (Wildman–Crippen MR) is 240 cm³/mol. The van der Waals surface area contributed by atoms with E-state index in [2.05, 4.69) is 213 Å². The number of halogens is 1. The Kier molecular flexibility index (Phi) is 7.78. The summed E-state index contributed by atoms with van der Waals surface area (Å²) >= 11 is 3.71. The van der Waals surface area contributed by atoms with Crippen molar-refractivity contribution in [3.63, 3.8) is 0 Å². The number of hydrogen-bond acceptors (Lipinski definition) is 2. The maximum absolute atomic E-state index is 13.2. The number of benzene rings is 9. The SMILES string of the molecule is OC1(c2ccccc2-c2ccc(N(c3ccccc3)c3ccc4c5ccccc5n(-c5ccccc5)c4c3)c3ccccc23)c2ccccc2-c2ccc(Br)cc21. The zero-order valence-electron chi connectivity index (χ0n) is 30.8. The number of anilines is 3. The predicted octanol–water partition coefficient (Wildman–Crippen LogP) is 14.1. The van der Waals surface area contributed by atoms with Crippen molar-refractivity contribution in [3.8, 4) is 27.9 Å². The van der Waals surface area contributed by atoms with Gasteiger partial charge in [0.15, 0.2) is 0 Å². The summed E-state index contributed by atoms with van der Waals surface area (Å²) in [5.41, 5.74) is 12.1. The molecule has 1 atom stereocenters. The van der Waals surface area contributed by atoms with Crippen LogP contribution in [0.25, 0.3) is 60.5 Å². The van der Waals surface area contributed by atoms with E-state index in [0.717, 1.165) is 82.5 Å². The van der Waals surface area contributed by atoms with E-state index in [1.165, 1.54) is 16.3 Å². The number of aromatic nitrogens is 1. The Morgan fingerprint density at radius 1 is 0.404 bits per heavy atom. The van der Waals surface area contributed by atoms with Crippen LogP contribution in [0.2, 0.25) is 0 Å². The average molecular weight is 796 g/mol. The van der Waals surface area contributed by atoms with Crippen LogP contribution in [-0.4, -0.2) is 9.67 Å². The van der Waals surface area contributed by atoms with Crippen LogP contribution in [0.3, 0.4) is 0 Å². The molecule has 4 heteroatoms. The molecule has 0 amide bonds. The number of rotatable bonds is 6. The first-order valence-electron chi connectivity index (χ1n) is 19.3. The molecule has 0 fully saturated rings. The molecule has 0 spiro atoms. The zero-order chi connectivity index (χ0) is 38.1. The summed E-state index contributed by atoms with van der Waals surface area (Å²) in [5, 5.41) is 17.8. The second kappa shape index (κ2) is 13.2. The van der Waals surface area contributed by atoms with Crippen molar-refractivity contribution in [2.75, 3.05) is 4.90 Å². The zero-order valence-corrected chi connectivity index (χ0v) is 32.4. The molecule has 0 saturated carbocycles. The standard InChI is InChI=1S/C53H35BrN2O/c54-35-27-29-43-42-21-10-13-25-48(42)53(57,49(43)33-35)47-24-12-9-20-41(47)40-31-32-51(44-22-8-7-19-39(40)44)55(36-15-3-1-4-16-36)38-28-30-46-45-23-11-14-26-50(45)56(52(46)34-38)37-17-5-2-6-18-37/h1-34,57H. The summed E-state index contributed by atoms with van der Waals surface area (Å²) < 4.78 is 3.31. The molecule has 11 rings (SSSR count). The van der Waals surface area contributed by atoms with Crippen molar-refractivity contribution >= 4 is 65.6 Å². The van der Waals surface area contributed by atoms with E-state index in [4.69, 9.17) is 0 Å². The van der Waals surface area contributed by atoms with Crippen LogP contribution < -0.4 is 4.90 Å². The van der Waals surface area contributed by atoms with Gasteiger partial charge >= 0.3 is 0 Å². The normalized spacial score (nSPS) is 14.6. The quantitative estimate of drug-likeness (QED) is 0.182. The Morgan fingerprint density at radius 3 is 1.72 bits per heavy atom. The Labute approximate surface area is 339 Å². The van der Waals surface area contributed by atoms with Crippen LogP contribution in [-0.2, 0) is 5.60 Å². The van der Waals surface area contributed by atoms with Gasteiger partial charge in [0.2, 0.25) is 0 Å². The molecule has 1 unspecified atom stereocenters. The third kappa shape index (κ3) is 5.15. The molecule has 10 aromatic rings. The highest BCUT2D eigenvalue weighted by molar-refractivity contribution is 9.10. The molecule has 0 radical (unpaired) electrons. The minimum absolute atomic E-state index is 0.853. The van der Waals surface area contributed by atoms with E-state index in [9.17, 15) is 5.11 Å². The third-order valence-electron chi connectivity index (χ3n) is 11.7. The van der Waals surface area contributed by atoms with Crippen LogP contribution in [0.5, 0.6) is 0 Å². The van der Waals surface area contributed by atoms with E-state index in [0.29, 0.717) is 0 Å². The molecule has 1 N–H and O–H groups in total. The van der Waals surface area contributed by atoms with Gasteiger partial charge in [-0.1, -0.05) is 162 Å². The lowest BCUT2D eigenvalue weighted by molar-refractivity contribution is 0.131. The van der Waals surface area contributed by atoms with Gasteiger partial charge in [0.05, 0.1) is 16.7 Å². The van der Waals surface area contributed by atoms with Crippen molar-refractivity contribution in [3.05, 3.63) is 227 Å². The number of nitrogens with zero attached hydrogens (tertiary/aromatic N) is 2.